The maximum atomic E-state index is 12.8. The first-order valence-corrected chi connectivity index (χ1v) is 17.6. The van der Waals surface area contributed by atoms with Crippen molar-refractivity contribution in [1.82, 2.24) is 14.9 Å². The lowest BCUT2D eigenvalue weighted by atomic mass is 10.1. The highest BCUT2D eigenvalue weighted by Gasteiger charge is 2.26. The van der Waals surface area contributed by atoms with E-state index in [2.05, 4.69) is 53.5 Å². The molecule has 236 valence electrons. The molecule has 1 unspecified atom stereocenters. The molecule has 1 aromatic carbocycles. The van der Waals surface area contributed by atoms with Crippen molar-refractivity contribution >= 4 is 37.5 Å². The van der Waals surface area contributed by atoms with Gasteiger partial charge in [-0.3, -0.25) is 10.1 Å². The molecule has 3 amide bonds. The third-order valence-corrected chi connectivity index (χ3v) is 7.43. The third kappa shape index (κ3) is 12.4. The van der Waals surface area contributed by atoms with E-state index in [0.29, 0.717) is 35.1 Å². The number of aromatic nitrogens is 2. The van der Waals surface area contributed by atoms with Gasteiger partial charge in [0.2, 0.25) is 5.91 Å². The van der Waals surface area contributed by atoms with Crippen molar-refractivity contribution in [2.45, 2.75) is 64.8 Å². The zero-order valence-electron chi connectivity index (χ0n) is 26.2. The normalized spacial score (nSPS) is 12.2. The summed E-state index contributed by atoms with van der Waals surface area (Å²) < 4.78 is 23.7. The first-order valence-electron chi connectivity index (χ1n) is 13.9. The fourth-order valence-corrected chi connectivity index (χ4v) is 4.44. The van der Waals surface area contributed by atoms with Crippen molar-refractivity contribution < 1.29 is 33.3 Å². The number of anilines is 2. The topological polar surface area (TPSA) is 142 Å². The second-order valence-corrected chi connectivity index (χ2v) is 17.5. The highest BCUT2D eigenvalue weighted by Crippen LogP contribution is 2.32. The molecular weight excluding hydrogens is 570 g/mol. The van der Waals surface area contributed by atoms with Crippen LogP contribution in [0.15, 0.2) is 49.7 Å². The highest BCUT2D eigenvalue weighted by atomic mass is 28.3. The maximum absolute atomic E-state index is 12.8. The molecule has 0 aliphatic carbocycles. The van der Waals surface area contributed by atoms with Crippen LogP contribution in [0.3, 0.4) is 0 Å². The molecule has 0 saturated carbocycles. The Morgan fingerprint density at radius 2 is 1.81 bits per heavy atom. The molecule has 0 radical (unpaired) electrons. The van der Waals surface area contributed by atoms with Crippen molar-refractivity contribution in [1.29, 1.82) is 0 Å². The molecule has 0 aliphatic rings. The van der Waals surface area contributed by atoms with Gasteiger partial charge in [-0.1, -0.05) is 32.3 Å². The van der Waals surface area contributed by atoms with Gasteiger partial charge in [-0.05, 0) is 51.1 Å². The van der Waals surface area contributed by atoms with Crippen LogP contribution >= 0.6 is 0 Å². The van der Waals surface area contributed by atoms with Crippen LogP contribution in [0, 0.1) is 0 Å². The second-order valence-electron chi connectivity index (χ2n) is 11.9. The van der Waals surface area contributed by atoms with Crippen LogP contribution in [0.2, 0.25) is 25.7 Å². The number of imidazole rings is 1. The minimum Gasteiger partial charge on any atom is -0.453 e. The average Bonchev–Trinajstić information content (AvgIpc) is 3.32. The number of alkyl carbamates (subject to hydrolysis) is 1. The molecule has 0 saturated heterocycles. The quantitative estimate of drug-likeness (QED) is 0.0968. The molecule has 0 fully saturated rings. The number of amides is 3. The number of ether oxygens (including phenoxy) is 4. The molecule has 0 bridgehead atoms. The fourth-order valence-electron chi connectivity index (χ4n) is 3.68. The van der Waals surface area contributed by atoms with E-state index < -0.39 is 37.8 Å². The summed E-state index contributed by atoms with van der Waals surface area (Å²) in [5, 5.41) is 8.22. The van der Waals surface area contributed by atoms with E-state index in [1.165, 1.54) is 7.11 Å². The molecule has 2 rings (SSSR count). The van der Waals surface area contributed by atoms with E-state index in [1.54, 1.807) is 55.8 Å². The largest absolute Gasteiger partial charge is 0.453 e. The van der Waals surface area contributed by atoms with Crippen molar-refractivity contribution in [2.75, 3.05) is 37.6 Å². The van der Waals surface area contributed by atoms with Gasteiger partial charge in [0.1, 0.15) is 24.2 Å². The molecule has 13 heteroatoms. The van der Waals surface area contributed by atoms with Crippen LogP contribution in [0.1, 0.15) is 32.6 Å². The van der Waals surface area contributed by atoms with Gasteiger partial charge in [-0.15, -0.1) is 6.58 Å². The van der Waals surface area contributed by atoms with Crippen LogP contribution in [-0.4, -0.2) is 68.3 Å². The molecule has 2 aromatic rings. The Morgan fingerprint density at radius 1 is 1.09 bits per heavy atom. The number of hydrogen-bond acceptors (Lipinski definition) is 8. The number of nitrogens with zero attached hydrogens (tertiary/aromatic N) is 2. The third-order valence-electron chi connectivity index (χ3n) is 5.73. The van der Waals surface area contributed by atoms with Gasteiger partial charge >= 0.3 is 12.2 Å². The van der Waals surface area contributed by atoms with E-state index in [4.69, 9.17) is 19.2 Å². The van der Waals surface area contributed by atoms with Crippen molar-refractivity contribution in [2.24, 2.45) is 0 Å². The van der Waals surface area contributed by atoms with Gasteiger partial charge in [0.25, 0.3) is 0 Å². The van der Waals surface area contributed by atoms with Gasteiger partial charge in [-0.2, -0.15) is 0 Å². The summed E-state index contributed by atoms with van der Waals surface area (Å²) in [6.45, 7) is 20.4. The summed E-state index contributed by atoms with van der Waals surface area (Å²) in [4.78, 5) is 41.8. The lowest BCUT2D eigenvalue weighted by Crippen LogP contribution is -2.38. The van der Waals surface area contributed by atoms with Crippen molar-refractivity contribution in [3.63, 3.8) is 0 Å². The van der Waals surface area contributed by atoms with Gasteiger partial charge in [0.15, 0.2) is 0 Å². The van der Waals surface area contributed by atoms with Crippen molar-refractivity contribution in [3.05, 3.63) is 55.5 Å². The molecule has 1 heterocycles. The van der Waals surface area contributed by atoms with E-state index in [1.807, 2.05) is 0 Å². The van der Waals surface area contributed by atoms with Crippen molar-refractivity contribution in [3.8, 4) is 11.3 Å². The lowest BCUT2D eigenvalue weighted by Gasteiger charge is -2.24. The number of benzene rings is 1. The number of rotatable bonds is 15. The first kappa shape index (κ1) is 35.3. The molecule has 1 aromatic heterocycles. The van der Waals surface area contributed by atoms with E-state index in [-0.39, 0.29) is 19.9 Å². The van der Waals surface area contributed by atoms with E-state index in [9.17, 15) is 14.4 Å². The summed E-state index contributed by atoms with van der Waals surface area (Å²) in [5.41, 5.74) is 1.08. The van der Waals surface area contributed by atoms with Gasteiger partial charge in [0, 0.05) is 32.1 Å². The number of nitrogens with one attached hydrogen (secondary N) is 3. The molecular formula is C30H45N5O7Si. The molecule has 0 spiro atoms. The molecule has 12 nitrogen and oxygen atoms in total. The zero-order chi connectivity index (χ0) is 32.2. The summed E-state index contributed by atoms with van der Waals surface area (Å²) in [5.74, 6) is 0.00350. The van der Waals surface area contributed by atoms with Crippen LogP contribution in [-0.2, 0) is 30.5 Å². The molecule has 43 heavy (non-hydrogen) atoms. The summed E-state index contributed by atoms with van der Waals surface area (Å²) in [7, 11) is -0.0772. The second kappa shape index (κ2) is 16.1. The lowest BCUT2D eigenvalue weighted by molar-refractivity contribution is -0.111. The first-order chi connectivity index (χ1) is 20.2. The summed E-state index contributed by atoms with van der Waals surface area (Å²) in [6.07, 6.45) is 3.23. The van der Waals surface area contributed by atoms with Crippen LogP contribution in [0.25, 0.3) is 11.3 Å². The Kier molecular flexibility index (Phi) is 13.2. The minimum atomic E-state index is -1.33. The molecule has 0 aliphatic heterocycles. The molecule has 1 atom stereocenters. The number of carbonyl (C=O) groups is 3. The predicted octanol–water partition coefficient (Wildman–Crippen LogP) is 5.93. The Hall–Kier alpha value is -3.94. The monoisotopic (exact) mass is 615 g/mol. The van der Waals surface area contributed by atoms with Crippen LogP contribution in [0.4, 0.5) is 21.0 Å². The minimum absolute atomic E-state index is 0.0820. The van der Waals surface area contributed by atoms with Gasteiger partial charge in [-0.25, -0.2) is 14.6 Å². The van der Waals surface area contributed by atoms with Gasteiger partial charge < -0.3 is 34.1 Å². The maximum Gasteiger partial charge on any atom is 0.411 e. The highest BCUT2D eigenvalue weighted by molar-refractivity contribution is 6.76. The summed E-state index contributed by atoms with van der Waals surface area (Å²) >= 11 is 0. The number of carbonyl (C=O) groups excluding carboxylic acids is 3. The Balaban J connectivity index is 2.59. The van der Waals surface area contributed by atoms with Gasteiger partial charge in [0.05, 0.1) is 31.7 Å². The fraction of sp³-hybridized carbons (Fsp3) is 0.467. The predicted molar refractivity (Wildman–Crippen MR) is 170 cm³/mol. The number of methoxy groups -OCH3 is 1. The number of hydrogen-bond donors (Lipinski definition) is 3. The summed E-state index contributed by atoms with van der Waals surface area (Å²) in [6, 6.07) is 5.20. The Morgan fingerprint density at radius 3 is 2.42 bits per heavy atom. The Bertz CT molecular complexity index is 1280. The zero-order valence-corrected chi connectivity index (χ0v) is 27.2. The van der Waals surface area contributed by atoms with E-state index >= 15 is 0 Å². The van der Waals surface area contributed by atoms with E-state index in [0.717, 1.165) is 12.1 Å². The smallest absolute Gasteiger partial charge is 0.411 e. The Labute approximate surface area is 254 Å². The standard InChI is InChI=1S/C30H45N5O7Si/c1-10-14-40-19-25(34-29(38)42-30(3,4)5)27-33-24(18-35(27)20-41-15-16-43(7,8)9)22-13-12-21(31-28(37)39-6)17-23(22)32-26(36)11-2/h10-13,17-18,25H,1-2,14-16,19-20H2,3-9H3,(H,31,37)(H,32,36)(H,34,38). The van der Waals surface area contributed by atoms with Crippen LogP contribution in [0.5, 0.6) is 0 Å². The average molecular weight is 616 g/mol. The SMILES string of the molecule is C=CCOCC(NC(=O)OC(C)(C)C)c1nc(-c2ccc(NC(=O)OC)cc2NC(=O)C=C)cn1COCC[Si](C)(C)C. The molecule has 3 N–H and O–H groups in total. The van der Waals surface area contributed by atoms with Crippen LogP contribution < -0.4 is 16.0 Å².